The second-order valence-corrected chi connectivity index (χ2v) is 4.63. The van der Waals surface area contributed by atoms with Crippen molar-refractivity contribution in [3.05, 3.63) is 15.6 Å². The van der Waals surface area contributed by atoms with Crippen molar-refractivity contribution in [2.75, 3.05) is 7.11 Å². The first-order valence-electron chi connectivity index (χ1n) is 5.41. The van der Waals surface area contributed by atoms with Crippen LogP contribution in [0.3, 0.4) is 0 Å². The van der Waals surface area contributed by atoms with Gasteiger partial charge in [-0.1, -0.05) is 19.8 Å². The van der Waals surface area contributed by atoms with E-state index < -0.39 is 11.9 Å². The Kier molecular flexibility index (Phi) is 5.09. The van der Waals surface area contributed by atoms with Gasteiger partial charge in [-0.2, -0.15) is 0 Å². The van der Waals surface area contributed by atoms with E-state index in [1.807, 2.05) is 0 Å². The Hall–Kier alpha value is -1.43. The molecule has 0 atom stereocenters. The first-order chi connectivity index (χ1) is 8.10. The summed E-state index contributed by atoms with van der Waals surface area (Å²) < 4.78 is 4.53. The van der Waals surface area contributed by atoms with Gasteiger partial charge in [0.1, 0.15) is 0 Å². The van der Waals surface area contributed by atoms with Crippen molar-refractivity contribution in [1.82, 2.24) is 4.98 Å². The summed E-state index contributed by atoms with van der Waals surface area (Å²) in [4.78, 5) is 26.7. The van der Waals surface area contributed by atoms with Crippen LogP contribution in [0.15, 0.2) is 0 Å². The summed E-state index contributed by atoms with van der Waals surface area (Å²) in [5, 5.41) is 9.09. The van der Waals surface area contributed by atoms with Crippen molar-refractivity contribution in [1.29, 1.82) is 0 Å². The second kappa shape index (κ2) is 6.34. The average Bonchev–Trinajstić information content (AvgIpc) is 2.73. The van der Waals surface area contributed by atoms with Gasteiger partial charge in [0.15, 0.2) is 5.69 Å². The molecule has 1 heterocycles. The molecule has 17 heavy (non-hydrogen) atoms. The van der Waals surface area contributed by atoms with Crippen molar-refractivity contribution in [2.24, 2.45) is 0 Å². The molecule has 0 aliphatic heterocycles. The molecular weight excluding hydrogens is 242 g/mol. The van der Waals surface area contributed by atoms with Crippen molar-refractivity contribution < 1.29 is 19.4 Å². The summed E-state index contributed by atoms with van der Waals surface area (Å²) >= 11 is 1.10. The molecular formula is C11H15NO4S. The van der Waals surface area contributed by atoms with Gasteiger partial charge in [-0.25, -0.2) is 14.6 Å². The summed E-state index contributed by atoms with van der Waals surface area (Å²) in [6, 6.07) is 0. The van der Waals surface area contributed by atoms with E-state index in [0.717, 1.165) is 30.6 Å². The monoisotopic (exact) mass is 257 g/mol. The molecule has 0 saturated heterocycles. The maximum atomic E-state index is 11.3. The fraction of sp³-hybridized carbons (Fsp3) is 0.545. The molecule has 0 radical (unpaired) electrons. The largest absolute Gasteiger partial charge is 0.476 e. The highest BCUT2D eigenvalue weighted by atomic mass is 32.1. The summed E-state index contributed by atoms with van der Waals surface area (Å²) in [6.07, 6.45) is 3.64. The fourth-order valence-corrected chi connectivity index (χ4v) is 2.41. The van der Waals surface area contributed by atoms with Crippen molar-refractivity contribution in [2.45, 2.75) is 32.6 Å². The number of aromatic carboxylic acids is 1. The molecule has 0 saturated carbocycles. The summed E-state index contributed by atoms with van der Waals surface area (Å²) in [5.41, 5.74) is -0.0218. The lowest BCUT2D eigenvalue weighted by atomic mass is 10.1. The maximum Gasteiger partial charge on any atom is 0.367 e. The van der Waals surface area contributed by atoms with Crippen LogP contribution in [-0.4, -0.2) is 29.1 Å². The first kappa shape index (κ1) is 13.6. The maximum absolute atomic E-state index is 11.3. The third-order valence-corrected chi connectivity index (χ3v) is 3.36. The number of esters is 1. The highest BCUT2D eigenvalue weighted by molar-refractivity contribution is 7.13. The number of carboxylic acid groups (broad SMARTS) is 1. The van der Waals surface area contributed by atoms with Crippen LogP contribution in [0.25, 0.3) is 0 Å². The Morgan fingerprint density at radius 2 is 2.12 bits per heavy atom. The van der Waals surface area contributed by atoms with Crippen molar-refractivity contribution >= 4 is 23.3 Å². The Morgan fingerprint density at radius 3 is 2.65 bits per heavy atom. The molecule has 1 aromatic heterocycles. The highest BCUT2D eigenvalue weighted by Gasteiger charge is 2.20. The minimum atomic E-state index is -1.09. The topological polar surface area (TPSA) is 76.5 Å². The number of unbranched alkanes of at least 4 members (excludes halogenated alkanes) is 2. The zero-order chi connectivity index (χ0) is 12.8. The van der Waals surface area contributed by atoms with Crippen LogP contribution in [0.5, 0.6) is 0 Å². The zero-order valence-corrected chi connectivity index (χ0v) is 10.7. The average molecular weight is 257 g/mol. The van der Waals surface area contributed by atoms with Gasteiger partial charge in [-0.3, -0.25) is 0 Å². The number of hydrogen-bond acceptors (Lipinski definition) is 5. The van der Waals surface area contributed by atoms with Gasteiger partial charge in [-0.05, 0) is 12.8 Å². The minimum Gasteiger partial charge on any atom is -0.476 e. The molecule has 0 aromatic carbocycles. The number of ether oxygens (including phenoxy) is 1. The van der Waals surface area contributed by atoms with Gasteiger partial charge in [0.25, 0.3) is 0 Å². The van der Waals surface area contributed by atoms with Crippen LogP contribution in [-0.2, 0) is 11.2 Å². The van der Waals surface area contributed by atoms with E-state index >= 15 is 0 Å². The number of thiazole rings is 1. The Labute approximate surface area is 103 Å². The molecule has 0 aliphatic rings. The number of hydrogen-bond donors (Lipinski definition) is 1. The number of carboxylic acids is 1. The molecule has 1 aromatic rings. The van der Waals surface area contributed by atoms with Gasteiger partial charge in [0.2, 0.25) is 5.01 Å². The number of aromatic nitrogens is 1. The standard InChI is InChI=1S/C11H15NO4S/c1-3-4-5-6-7-8(10(13)14)12-9(17-7)11(15)16-2/h3-6H2,1-2H3,(H,13,14). The third-order valence-electron chi connectivity index (χ3n) is 2.27. The first-order valence-corrected chi connectivity index (χ1v) is 6.23. The van der Waals surface area contributed by atoms with E-state index in [-0.39, 0.29) is 10.7 Å². The Bertz CT molecular complexity index is 414. The number of methoxy groups -OCH3 is 1. The molecule has 5 nitrogen and oxygen atoms in total. The number of aryl methyl sites for hydroxylation is 1. The van der Waals surface area contributed by atoms with Crippen LogP contribution in [0, 0.1) is 0 Å². The van der Waals surface area contributed by atoms with E-state index in [1.165, 1.54) is 7.11 Å². The van der Waals surface area contributed by atoms with Crippen molar-refractivity contribution in [3.63, 3.8) is 0 Å². The van der Waals surface area contributed by atoms with Gasteiger partial charge < -0.3 is 9.84 Å². The predicted molar refractivity (Wildman–Crippen MR) is 63.6 cm³/mol. The zero-order valence-electron chi connectivity index (χ0n) is 9.86. The van der Waals surface area contributed by atoms with Gasteiger partial charge in [0, 0.05) is 4.88 Å². The molecule has 1 N–H and O–H groups in total. The third kappa shape index (κ3) is 3.52. The number of carbonyl (C=O) groups excluding carboxylic acids is 1. The number of carbonyl (C=O) groups is 2. The van der Waals surface area contributed by atoms with Gasteiger partial charge in [0.05, 0.1) is 7.11 Å². The Morgan fingerprint density at radius 1 is 1.41 bits per heavy atom. The molecule has 0 bridgehead atoms. The van der Waals surface area contributed by atoms with E-state index in [4.69, 9.17) is 5.11 Å². The molecule has 0 aliphatic carbocycles. The molecule has 0 unspecified atom stereocenters. The highest BCUT2D eigenvalue weighted by Crippen LogP contribution is 2.22. The molecule has 0 fully saturated rings. The molecule has 1 rings (SSSR count). The SMILES string of the molecule is CCCCCc1sc(C(=O)OC)nc1C(=O)O. The summed E-state index contributed by atoms with van der Waals surface area (Å²) in [5.74, 6) is -1.68. The number of rotatable bonds is 6. The lowest BCUT2D eigenvalue weighted by Crippen LogP contribution is -2.04. The summed E-state index contributed by atoms with van der Waals surface area (Å²) in [7, 11) is 1.25. The second-order valence-electron chi connectivity index (χ2n) is 3.54. The predicted octanol–water partition coefficient (Wildman–Crippen LogP) is 2.36. The van der Waals surface area contributed by atoms with E-state index in [9.17, 15) is 9.59 Å². The van der Waals surface area contributed by atoms with Gasteiger partial charge >= 0.3 is 11.9 Å². The van der Waals surface area contributed by atoms with E-state index in [1.54, 1.807) is 0 Å². The van der Waals surface area contributed by atoms with Crippen LogP contribution in [0.1, 0.15) is 51.4 Å². The lowest BCUT2D eigenvalue weighted by molar-refractivity contribution is 0.0600. The smallest absolute Gasteiger partial charge is 0.367 e. The summed E-state index contributed by atoms with van der Waals surface area (Å²) in [6.45, 7) is 2.07. The van der Waals surface area contributed by atoms with Crippen LogP contribution in [0.2, 0.25) is 0 Å². The fourth-order valence-electron chi connectivity index (χ4n) is 1.40. The van der Waals surface area contributed by atoms with E-state index in [2.05, 4.69) is 16.6 Å². The Balaban J connectivity index is 2.89. The molecule has 0 spiro atoms. The lowest BCUT2D eigenvalue weighted by Gasteiger charge is -1.96. The molecule has 6 heteroatoms. The van der Waals surface area contributed by atoms with Crippen LogP contribution >= 0.6 is 11.3 Å². The van der Waals surface area contributed by atoms with E-state index in [0.29, 0.717) is 11.3 Å². The minimum absolute atomic E-state index is 0.0218. The van der Waals surface area contributed by atoms with Gasteiger partial charge in [-0.15, -0.1) is 11.3 Å². The normalized spacial score (nSPS) is 10.2. The van der Waals surface area contributed by atoms with Crippen LogP contribution < -0.4 is 0 Å². The molecule has 94 valence electrons. The quantitative estimate of drug-likeness (QED) is 0.625. The number of nitrogens with zero attached hydrogens (tertiary/aromatic N) is 1. The van der Waals surface area contributed by atoms with Crippen LogP contribution in [0.4, 0.5) is 0 Å². The van der Waals surface area contributed by atoms with Crippen molar-refractivity contribution in [3.8, 4) is 0 Å². The molecule has 0 amide bonds.